The van der Waals surface area contributed by atoms with E-state index in [4.69, 9.17) is 0 Å². The molecule has 144 valence electrons. The van der Waals surface area contributed by atoms with Gasteiger partial charge in [0.15, 0.2) is 12.6 Å². The first-order valence-electron chi connectivity index (χ1n) is 9.35. The van der Waals surface area contributed by atoms with Gasteiger partial charge >= 0.3 is 0 Å². The maximum atomic E-state index is 12.8. The van der Waals surface area contributed by atoms with E-state index in [-0.39, 0.29) is 24.4 Å². The van der Waals surface area contributed by atoms with Crippen molar-refractivity contribution in [3.05, 3.63) is 24.3 Å². The van der Waals surface area contributed by atoms with Crippen molar-refractivity contribution in [1.82, 2.24) is 4.90 Å². The summed E-state index contributed by atoms with van der Waals surface area (Å²) in [6.07, 6.45) is 3.17. The molecule has 1 fully saturated rings. The molecule has 0 spiro atoms. The lowest BCUT2D eigenvalue weighted by molar-refractivity contribution is -0.886. The summed E-state index contributed by atoms with van der Waals surface area (Å²) in [5, 5.41) is 2.97. The largest absolute Gasteiger partial charge is 0.337 e. The van der Waals surface area contributed by atoms with Gasteiger partial charge in [0, 0.05) is 18.0 Å². The third kappa shape index (κ3) is 5.48. The number of rotatable bonds is 6. The number of nitrogens with one attached hydrogen (secondary N) is 2. The number of anilines is 1. The van der Waals surface area contributed by atoms with Crippen molar-refractivity contribution < 1.29 is 14.5 Å². The van der Waals surface area contributed by atoms with Gasteiger partial charge in [0.05, 0.1) is 12.7 Å². The highest BCUT2D eigenvalue weighted by atomic mass is 32.2. The van der Waals surface area contributed by atoms with Gasteiger partial charge in [0.1, 0.15) is 0 Å². The van der Waals surface area contributed by atoms with Crippen LogP contribution < -0.4 is 10.2 Å². The van der Waals surface area contributed by atoms with Gasteiger partial charge in [0.2, 0.25) is 0 Å². The van der Waals surface area contributed by atoms with Gasteiger partial charge in [-0.1, -0.05) is 26.0 Å². The highest BCUT2D eigenvalue weighted by molar-refractivity contribution is 7.98. The van der Waals surface area contributed by atoms with Crippen molar-refractivity contribution in [3.8, 4) is 0 Å². The van der Waals surface area contributed by atoms with Crippen LogP contribution >= 0.6 is 11.8 Å². The average molecular weight is 379 g/mol. The molecule has 2 rings (SSSR count). The molecule has 26 heavy (non-hydrogen) atoms. The second-order valence-electron chi connectivity index (χ2n) is 7.68. The second-order valence-corrected chi connectivity index (χ2v) is 8.53. The van der Waals surface area contributed by atoms with Gasteiger partial charge in [-0.2, -0.15) is 0 Å². The van der Waals surface area contributed by atoms with Crippen molar-refractivity contribution in [2.45, 2.75) is 38.1 Å². The van der Waals surface area contributed by atoms with E-state index < -0.39 is 0 Å². The van der Waals surface area contributed by atoms with Crippen molar-refractivity contribution in [1.29, 1.82) is 0 Å². The van der Waals surface area contributed by atoms with E-state index in [1.807, 2.05) is 49.4 Å². The number of amides is 2. The maximum absolute atomic E-state index is 12.8. The van der Waals surface area contributed by atoms with E-state index in [1.54, 1.807) is 11.8 Å². The Bertz CT molecular complexity index is 627. The summed E-state index contributed by atoms with van der Waals surface area (Å²) < 4.78 is 0. The van der Waals surface area contributed by atoms with Crippen LogP contribution in [-0.4, -0.2) is 55.7 Å². The first kappa shape index (κ1) is 20.8. The molecule has 4 atom stereocenters. The van der Waals surface area contributed by atoms with Gasteiger partial charge < -0.3 is 15.1 Å². The summed E-state index contributed by atoms with van der Waals surface area (Å²) in [6.45, 7) is 8.25. The number of para-hydroxylation sites is 1. The fraction of sp³-hybridized carbons (Fsp3) is 0.600. The van der Waals surface area contributed by atoms with Gasteiger partial charge in [-0.05, 0) is 43.6 Å². The van der Waals surface area contributed by atoms with Crippen molar-refractivity contribution in [3.63, 3.8) is 0 Å². The Labute approximate surface area is 161 Å². The van der Waals surface area contributed by atoms with Crippen LogP contribution in [0.1, 0.15) is 27.2 Å². The molecule has 1 aromatic carbocycles. The van der Waals surface area contributed by atoms with Gasteiger partial charge in [0.25, 0.3) is 11.8 Å². The summed E-state index contributed by atoms with van der Waals surface area (Å²) in [4.78, 5) is 29.2. The molecule has 1 aliphatic rings. The lowest BCUT2D eigenvalue weighted by Gasteiger charge is -2.36. The number of quaternary nitrogens is 1. The van der Waals surface area contributed by atoms with Crippen LogP contribution in [0.2, 0.25) is 0 Å². The summed E-state index contributed by atoms with van der Waals surface area (Å²) >= 11 is 1.60. The van der Waals surface area contributed by atoms with E-state index in [0.717, 1.165) is 28.6 Å². The zero-order valence-electron chi connectivity index (χ0n) is 16.5. The number of carbonyl (C=O) groups excluding carboxylic acids is 2. The Morgan fingerprint density at radius 2 is 1.88 bits per heavy atom. The number of hydrogen-bond donors (Lipinski definition) is 2. The summed E-state index contributed by atoms with van der Waals surface area (Å²) in [7, 11) is 1.92. The van der Waals surface area contributed by atoms with Crippen LogP contribution in [0, 0.1) is 11.8 Å². The minimum absolute atomic E-state index is 0.0657. The molecule has 0 saturated carbocycles. The zero-order valence-corrected chi connectivity index (χ0v) is 17.4. The first-order valence-corrected chi connectivity index (χ1v) is 10.6. The SMILES string of the molecule is CSc1ccccc1NC(=O)C[NH+](C)[C@H](C)C(=O)N1C[C@H](C)C[C@H](C)C1. The predicted molar refractivity (Wildman–Crippen MR) is 108 cm³/mol. The van der Waals surface area contributed by atoms with E-state index >= 15 is 0 Å². The van der Waals surface area contributed by atoms with Crippen molar-refractivity contribution in [2.75, 3.05) is 38.3 Å². The molecule has 2 amide bonds. The molecule has 1 aliphatic heterocycles. The molecule has 6 heteroatoms. The molecule has 1 heterocycles. The van der Waals surface area contributed by atoms with E-state index in [0.29, 0.717) is 11.8 Å². The molecule has 0 bridgehead atoms. The van der Waals surface area contributed by atoms with Crippen LogP contribution in [0.3, 0.4) is 0 Å². The third-order valence-corrected chi connectivity index (χ3v) is 5.91. The van der Waals surface area contributed by atoms with Crippen molar-refractivity contribution >= 4 is 29.3 Å². The Morgan fingerprint density at radius 1 is 1.27 bits per heavy atom. The lowest BCUT2D eigenvalue weighted by atomic mass is 9.91. The molecule has 1 aromatic rings. The summed E-state index contributed by atoms with van der Waals surface area (Å²) in [5.74, 6) is 1.17. The van der Waals surface area contributed by atoms with Crippen LogP contribution in [0.5, 0.6) is 0 Å². The topological polar surface area (TPSA) is 53.9 Å². The molecule has 1 unspecified atom stereocenters. The first-order chi connectivity index (χ1) is 12.3. The maximum Gasteiger partial charge on any atom is 0.280 e. The molecule has 2 N–H and O–H groups in total. The fourth-order valence-electron chi connectivity index (χ4n) is 3.68. The van der Waals surface area contributed by atoms with Crippen molar-refractivity contribution in [2.24, 2.45) is 11.8 Å². The fourth-order valence-corrected chi connectivity index (χ4v) is 4.23. The van der Waals surface area contributed by atoms with Crippen LogP contribution in [0.4, 0.5) is 5.69 Å². The second kappa shape index (κ2) is 9.42. The Balaban J connectivity index is 1.92. The number of thioether (sulfide) groups is 1. The average Bonchev–Trinajstić information content (AvgIpc) is 2.59. The molecule has 0 aliphatic carbocycles. The number of likely N-dealkylation sites (N-methyl/N-ethyl adjacent to an activating group) is 1. The normalized spacial score (nSPS) is 22.6. The Morgan fingerprint density at radius 3 is 2.50 bits per heavy atom. The minimum atomic E-state index is -0.228. The van der Waals surface area contributed by atoms with E-state index in [1.165, 1.54) is 6.42 Å². The third-order valence-electron chi connectivity index (χ3n) is 5.11. The lowest BCUT2D eigenvalue weighted by Crippen LogP contribution is -3.15. The highest BCUT2D eigenvalue weighted by Crippen LogP contribution is 2.24. The highest BCUT2D eigenvalue weighted by Gasteiger charge is 2.32. The monoisotopic (exact) mass is 378 g/mol. The van der Waals surface area contributed by atoms with Gasteiger partial charge in [-0.3, -0.25) is 9.59 Å². The molecule has 5 nitrogen and oxygen atoms in total. The summed E-state index contributed by atoms with van der Waals surface area (Å²) in [5.41, 5.74) is 0.829. The van der Waals surface area contributed by atoms with Crippen LogP contribution in [0.25, 0.3) is 0 Å². The Kier molecular flexibility index (Phi) is 7.53. The number of likely N-dealkylation sites (tertiary alicyclic amines) is 1. The number of nitrogens with zero attached hydrogens (tertiary/aromatic N) is 1. The summed E-state index contributed by atoms with van der Waals surface area (Å²) in [6, 6.07) is 7.54. The number of piperidine rings is 1. The molecular weight excluding hydrogens is 346 g/mol. The molecule has 0 radical (unpaired) electrons. The zero-order chi connectivity index (χ0) is 19.3. The van der Waals surface area contributed by atoms with Gasteiger partial charge in [-0.25, -0.2) is 0 Å². The van der Waals surface area contributed by atoms with Crippen LogP contribution in [-0.2, 0) is 9.59 Å². The molecular formula is C20H32N3O2S+. The Hall–Kier alpha value is -1.53. The van der Waals surface area contributed by atoms with E-state index in [9.17, 15) is 9.59 Å². The number of carbonyl (C=O) groups is 2. The van der Waals surface area contributed by atoms with Gasteiger partial charge in [-0.15, -0.1) is 11.8 Å². The smallest absolute Gasteiger partial charge is 0.280 e. The minimum Gasteiger partial charge on any atom is -0.337 e. The standard InChI is InChI=1S/C20H31N3O2S/c1-14-10-15(2)12-23(11-14)20(25)16(3)22(4)13-19(24)21-17-8-6-7-9-18(17)26-5/h6-9,14-16H,10-13H2,1-5H3,(H,21,24)/p+1/t14-,15+,16-/m1/s1. The molecule has 0 aromatic heterocycles. The predicted octanol–water partition coefficient (Wildman–Crippen LogP) is 1.75. The molecule has 1 saturated heterocycles. The number of benzene rings is 1. The quantitative estimate of drug-likeness (QED) is 0.742. The van der Waals surface area contributed by atoms with E-state index in [2.05, 4.69) is 19.2 Å². The number of hydrogen-bond acceptors (Lipinski definition) is 3. The van der Waals surface area contributed by atoms with Crippen LogP contribution in [0.15, 0.2) is 29.2 Å².